The second kappa shape index (κ2) is 8.47. The van der Waals surface area contributed by atoms with Crippen molar-refractivity contribution < 1.29 is 14.3 Å². The van der Waals surface area contributed by atoms with Gasteiger partial charge >= 0.3 is 0 Å². The van der Waals surface area contributed by atoms with Gasteiger partial charge in [-0.1, -0.05) is 17.7 Å². The number of ether oxygens (including phenoxy) is 1. The van der Waals surface area contributed by atoms with E-state index in [9.17, 15) is 9.59 Å². The Hall–Kier alpha value is -1.89. The van der Waals surface area contributed by atoms with E-state index in [-0.39, 0.29) is 18.3 Å². The molecule has 5 nitrogen and oxygen atoms in total. The normalized spacial score (nSPS) is 15.2. The van der Waals surface area contributed by atoms with Crippen LogP contribution in [0.2, 0.25) is 5.02 Å². The summed E-state index contributed by atoms with van der Waals surface area (Å²) in [5.74, 6) is 0.720. The van der Waals surface area contributed by atoms with Gasteiger partial charge in [-0.05, 0) is 35.7 Å². The highest BCUT2D eigenvalue weighted by molar-refractivity contribution is 7.12. The first kappa shape index (κ1) is 17.9. The maximum Gasteiger partial charge on any atom is 0.260 e. The molecule has 3 rings (SSSR count). The van der Waals surface area contributed by atoms with E-state index in [1.807, 2.05) is 17.5 Å². The third-order valence-electron chi connectivity index (χ3n) is 4.06. The van der Waals surface area contributed by atoms with Gasteiger partial charge in [-0.2, -0.15) is 0 Å². The quantitative estimate of drug-likeness (QED) is 0.725. The van der Waals surface area contributed by atoms with Crippen LogP contribution in [-0.2, 0) is 4.79 Å². The number of amides is 1. The Morgan fingerprint density at radius 3 is 2.44 bits per heavy atom. The Bertz CT molecular complexity index is 710. The number of hydrogen-bond donors (Lipinski definition) is 0. The summed E-state index contributed by atoms with van der Waals surface area (Å²) in [5, 5.41) is 2.54. The minimum Gasteiger partial charge on any atom is -0.484 e. The summed E-state index contributed by atoms with van der Waals surface area (Å²) in [5.41, 5.74) is 0. The molecule has 2 aromatic rings. The van der Waals surface area contributed by atoms with Crippen LogP contribution in [-0.4, -0.2) is 60.8 Å². The lowest BCUT2D eigenvalue weighted by Gasteiger charge is -2.34. The summed E-state index contributed by atoms with van der Waals surface area (Å²) >= 11 is 7.28. The molecule has 0 radical (unpaired) electrons. The number of nitrogens with zero attached hydrogens (tertiary/aromatic N) is 2. The largest absolute Gasteiger partial charge is 0.484 e. The molecule has 0 bridgehead atoms. The fourth-order valence-corrected chi connectivity index (χ4v) is 3.42. The molecule has 1 aliphatic heterocycles. The van der Waals surface area contributed by atoms with Crippen LogP contribution in [0.5, 0.6) is 5.75 Å². The SMILES string of the molecule is O=C(CN1CCN(C(=O)COc2ccc(Cl)cc2)CC1)c1cccs1. The molecule has 1 aromatic carbocycles. The molecule has 7 heteroatoms. The van der Waals surface area contributed by atoms with Gasteiger partial charge in [-0.3, -0.25) is 14.5 Å². The number of piperazine rings is 1. The van der Waals surface area contributed by atoms with E-state index >= 15 is 0 Å². The van der Waals surface area contributed by atoms with E-state index in [1.165, 1.54) is 11.3 Å². The number of thiophene rings is 1. The molecule has 1 saturated heterocycles. The summed E-state index contributed by atoms with van der Waals surface area (Å²) in [7, 11) is 0. The Morgan fingerprint density at radius 1 is 1.08 bits per heavy atom. The van der Waals surface area contributed by atoms with E-state index in [0.717, 1.165) is 4.88 Å². The lowest BCUT2D eigenvalue weighted by atomic mass is 10.2. The minimum atomic E-state index is -0.0424. The van der Waals surface area contributed by atoms with Crippen LogP contribution in [0.1, 0.15) is 9.67 Å². The molecule has 25 heavy (non-hydrogen) atoms. The van der Waals surface area contributed by atoms with Gasteiger partial charge in [-0.25, -0.2) is 0 Å². The topological polar surface area (TPSA) is 49.9 Å². The van der Waals surface area contributed by atoms with Gasteiger partial charge in [0.25, 0.3) is 5.91 Å². The third kappa shape index (κ3) is 5.04. The number of hydrogen-bond acceptors (Lipinski definition) is 5. The summed E-state index contributed by atoms with van der Waals surface area (Å²) in [6, 6.07) is 10.7. The molecule has 1 aromatic heterocycles. The number of carbonyl (C=O) groups excluding carboxylic acids is 2. The summed E-state index contributed by atoms with van der Waals surface area (Å²) in [6.07, 6.45) is 0. The van der Waals surface area contributed by atoms with Crippen molar-refractivity contribution in [2.75, 3.05) is 39.3 Å². The molecular formula is C18H19ClN2O3S. The average molecular weight is 379 g/mol. The lowest BCUT2D eigenvalue weighted by molar-refractivity contribution is -0.135. The van der Waals surface area contributed by atoms with Crippen LogP contribution in [0.15, 0.2) is 41.8 Å². The maximum atomic E-state index is 12.2. The van der Waals surface area contributed by atoms with Gasteiger partial charge in [-0.15, -0.1) is 11.3 Å². The number of Topliss-reactive ketones (excluding diaryl/α,β-unsaturated/α-hetero) is 1. The monoisotopic (exact) mass is 378 g/mol. The van der Waals surface area contributed by atoms with E-state index in [2.05, 4.69) is 4.90 Å². The van der Waals surface area contributed by atoms with Gasteiger partial charge in [0.1, 0.15) is 5.75 Å². The van der Waals surface area contributed by atoms with Crippen LogP contribution in [0.4, 0.5) is 0 Å². The van der Waals surface area contributed by atoms with E-state index in [0.29, 0.717) is 43.5 Å². The average Bonchev–Trinajstić information content (AvgIpc) is 3.16. The number of halogens is 1. The molecule has 1 fully saturated rings. The smallest absolute Gasteiger partial charge is 0.260 e. The molecule has 132 valence electrons. The lowest BCUT2D eigenvalue weighted by Crippen LogP contribution is -2.50. The molecule has 1 aliphatic rings. The van der Waals surface area contributed by atoms with Crippen molar-refractivity contribution in [2.24, 2.45) is 0 Å². The molecular weight excluding hydrogens is 360 g/mol. The zero-order valence-electron chi connectivity index (χ0n) is 13.7. The molecule has 0 spiro atoms. The second-order valence-electron chi connectivity index (χ2n) is 5.80. The standard InChI is InChI=1S/C18H19ClN2O3S/c19-14-3-5-15(6-4-14)24-13-18(23)21-9-7-20(8-10-21)12-16(22)17-2-1-11-25-17/h1-6,11H,7-10,12-13H2. The van der Waals surface area contributed by atoms with Crippen molar-refractivity contribution in [3.8, 4) is 5.75 Å². The van der Waals surface area contributed by atoms with E-state index in [4.69, 9.17) is 16.3 Å². The predicted octanol–water partition coefficient (Wildman–Crippen LogP) is 2.81. The van der Waals surface area contributed by atoms with Crippen molar-refractivity contribution >= 4 is 34.6 Å². The highest BCUT2D eigenvalue weighted by Crippen LogP contribution is 2.16. The van der Waals surface area contributed by atoms with E-state index in [1.54, 1.807) is 29.2 Å². The Morgan fingerprint density at radius 2 is 1.80 bits per heavy atom. The maximum absolute atomic E-state index is 12.2. The van der Waals surface area contributed by atoms with Crippen LogP contribution >= 0.6 is 22.9 Å². The zero-order chi connectivity index (χ0) is 17.6. The number of rotatable bonds is 6. The van der Waals surface area contributed by atoms with E-state index < -0.39 is 0 Å². The Kier molecular flexibility index (Phi) is 6.07. The van der Waals surface area contributed by atoms with Gasteiger partial charge in [0, 0.05) is 31.2 Å². The molecule has 0 saturated carbocycles. The first-order chi connectivity index (χ1) is 12.1. The van der Waals surface area contributed by atoms with Crippen molar-refractivity contribution in [3.63, 3.8) is 0 Å². The van der Waals surface area contributed by atoms with Gasteiger partial charge in [0.15, 0.2) is 12.4 Å². The number of ketones is 1. The minimum absolute atomic E-state index is 0.00968. The van der Waals surface area contributed by atoms with Crippen LogP contribution in [0.3, 0.4) is 0 Å². The molecule has 0 atom stereocenters. The van der Waals surface area contributed by atoms with Crippen molar-refractivity contribution in [3.05, 3.63) is 51.7 Å². The fourth-order valence-electron chi connectivity index (χ4n) is 2.64. The van der Waals surface area contributed by atoms with Crippen molar-refractivity contribution in [1.29, 1.82) is 0 Å². The highest BCUT2D eigenvalue weighted by atomic mass is 35.5. The van der Waals surface area contributed by atoms with Crippen molar-refractivity contribution in [2.45, 2.75) is 0 Å². The van der Waals surface area contributed by atoms with Crippen LogP contribution in [0, 0.1) is 0 Å². The second-order valence-corrected chi connectivity index (χ2v) is 7.18. The summed E-state index contributed by atoms with van der Waals surface area (Å²) < 4.78 is 5.50. The fraction of sp³-hybridized carbons (Fsp3) is 0.333. The van der Waals surface area contributed by atoms with Gasteiger partial charge in [0.05, 0.1) is 11.4 Å². The molecule has 0 aliphatic carbocycles. The summed E-state index contributed by atoms with van der Waals surface area (Å²) in [6.45, 7) is 3.04. The zero-order valence-corrected chi connectivity index (χ0v) is 15.3. The predicted molar refractivity (Wildman–Crippen MR) is 98.6 cm³/mol. The first-order valence-corrected chi connectivity index (χ1v) is 9.33. The Labute approximate surface area is 155 Å². The number of carbonyl (C=O) groups is 2. The first-order valence-electron chi connectivity index (χ1n) is 8.07. The summed E-state index contributed by atoms with van der Waals surface area (Å²) in [4.78, 5) is 29.0. The van der Waals surface area contributed by atoms with Crippen LogP contribution < -0.4 is 4.74 Å². The highest BCUT2D eigenvalue weighted by Gasteiger charge is 2.23. The van der Waals surface area contributed by atoms with Gasteiger partial charge in [0.2, 0.25) is 0 Å². The molecule has 1 amide bonds. The molecule has 0 N–H and O–H groups in total. The van der Waals surface area contributed by atoms with Crippen molar-refractivity contribution in [1.82, 2.24) is 9.80 Å². The Balaban J connectivity index is 1.41. The third-order valence-corrected chi connectivity index (χ3v) is 5.23. The molecule has 0 unspecified atom stereocenters. The van der Waals surface area contributed by atoms with Gasteiger partial charge < -0.3 is 9.64 Å². The molecule has 2 heterocycles. The number of benzene rings is 1. The van der Waals surface area contributed by atoms with Crippen LogP contribution in [0.25, 0.3) is 0 Å².